The van der Waals surface area contributed by atoms with Crippen LogP contribution in [0.4, 0.5) is 5.69 Å². The Hall–Kier alpha value is -4.36. The molecule has 0 radical (unpaired) electrons. The summed E-state index contributed by atoms with van der Waals surface area (Å²) in [4.78, 5) is 33.0. The number of hydrogen-bond donors (Lipinski definition) is 1. The smallest absolute Gasteiger partial charge is 0.266 e. The summed E-state index contributed by atoms with van der Waals surface area (Å²) in [6.07, 6.45) is 0. The third kappa shape index (κ3) is 3.74. The molecule has 6 rings (SSSR count). The quantitative estimate of drug-likeness (QED) is 0.357. The zero-order chi connectivity index (χ0) is 24.6. The SMILES string of the molecule is O=C1CSC(c2ccccc2O)N1c1ccc(-n2c(-c3ccccc3)nc3ccccc3c2=O)cc1. The summed E-state index contributed by atoms with van der Waals surface area (Å²) >= 11 is 1.48. The van der Waals surface area contributed by atoms with Crippen molar-refractivity contribution in [3.8, 4) is 22.8 Å². The van der Waals surface area contributed by atoms with Gasteiger partial charge in [-0.1, -0.05) is 60.7 Å². The van der Waals surface area contributed by atoms with Crippen LogP contribution in [-0.4, -0.2) is 26.3 Å². The molecule has 5 aromatic rings. The zero-order valence-corrected chi connectivity index (χ0v) is 19.9. The van der Waals surface area contributed by atoms with Crippen LogP contribution in [-0.2, 0) is 4.79 Å². The number of amides is 1. The summed E-state index contributed by atoms with van der Waals surface area (Å²) < 4.78 is 1.61. The lowest BCUT2D eigenvalue weighted by Gasteiger charge is -2.25. The summed E-state index contributed by atoms with van der Waals surface area (Å²) in [5.74, 6) is 1.00. The average Bonchev–Trinajstić information content (AvgIpc) is 3.30. The Morgan fingerprint density at radius 1 is 0.778 bits per heavy atom. The molecule has 1 amide bonds. The first-order chi connectivity index (χ1) is 17.6. The molecule has 0 spiro atoms. The molecule has 36 heavy (non-hydrogen) atoms. The fourth-order valence-electron chi connectivity index (χ4n) is 4.55. The Balaban J connectivity index is 1.46. The first kappa shape index (κ1) is 22.1. The standard InChI is InChI=1S/C29H21N3O3S/c33-25-13-7-5-11-23(25)29-31(26(34)18-36-29)20-14-16-21(17-15-20)32-27(19-8-2-1-3-9-19)30-24-12-6-4-10-22(24)28(32)35/h1-17,29,33H,18H2. The van der Waals surface area contributed by atoms with Gasteiger partial charge in [0.1, 0.15) is 16.9 Å². The largest absolute Gasteiger partial charge is 0.508 e. The van der Waals surface area contributed by atoms with Crippen LogP contribution in [0.3, 0.4) is 0 Å². The molecule has 6 nitrogen and oxygen atoms in total. The van der Waals surface area contributed by atoms with Crippen molar-refractivity contribution in [3.05, 3.63) is 119 Å². The lowest BCUT2D eigenvalue weighted by atomic mass is 10.1. The molecular weight excluding hydrogens is 470 g/mol. The second-order valence-corrected chi connectivity index (χ2v) is 9.53. The highest BCUT2D eigenvalue weighted by Gasteiger charge is 2.35. The maximum atomic E-state index is 13.6. The van der Waals surface area contributed by atoms with Crippen LogP contribution >= 0.6 is 11.8 Å². The molecule has 1 unspecified atom stereocenters. The molecular formula is C29H21N3O3S. The van der Waals surface area contributed by atoms with E-state index in [0.29, 0.717) is 39.4 Å². The van der Waals surface area contributed by atoms with E-state index < -0.39 is 0 Å². The lowest BCUT2D eigenvalue weighted by molar-refractivity contribution is -0.115. The van der Waals surface area contributed by atoms with Gasteiger partial charge >= 0.3 is 0 Å². The van der Waals surface area contributed by atoms with Gasteiger partial charge in [-0.15, -0.1) is 11.8 Å². The van der Waals surface area contributed by atoms with Gasteiger partial charge in [0.05, 0.1) is 22.3 Å². The number of aromatic hydroxyl groups is 1. The van der Waals surface area contributed by atoms with Gasteiger partial charge in [-0.3, -0.25) is 19.1 Å². The van der Waals surface area contributed by atoms with Crippen molar-refractivity contribution < 1.29 is 9.90 Å². The number of thioether (sulfide) groups is 1. The second kappa shape index (κ2) is 9.02. The molecule has 0 bridgehead atoms. The van der Waals surface area contributed by atoms with E-state index in [9.17, 15) is 14.7 Å². The molecule has 1 aliphatic heterocycles. The van der Waals surface area contributed by atoms with Gasteiger partial charge in [0.15, 0.2) is 0 Å². The number of phenols is 1. The molecule has 0 saturated carbocycles. The summed E-state index contributed by atoms with van der Waals surface area (Å²) in [5.41, 5.74) is 3.35. The van der Waals surface area contributed by atoms with Gasteiger partial charge in [0.2, 0.25) is 5.91 Å². The molecule has 1 aromatic heterocycles. The van der Waals surface area contributed by atoms with Crippen molar-refractivity contribution in [1.29, 1.82) is 0 Å². The van der Waals surface area contributed by atoms with E-state index in [0.717, 1.165) is 5.56 Å². The topological polar surface area (TPSA) is 75.4 Å². The Morgan fingerprint density at radius 2 is 1.44 bits per heavy atom. The third-order valence-corrected chi connectivity index (χ3v) is 7.46. The molecule has 7 heteroatoms. The Bertz CT molecular complexity index is 1650. The molecule has 2 heterocycles. The minimum atomic E-state index is -0.325. The van der Waals surface area contributed by atoms with Crippen LogP contribution in [0, 0.1) is 0 Å². The van der Waals surface area contributed by atoms with Crippen molar-refractivity contribution in [1.82, 2.24) is 9.55 Å². The van der Waals surface area contributed by atoms with Gasteiger partial charge in [-0.05, 0) is 42.5 Å². The maximum Gasteiger partial charge on any atom is 0.266 e. The highest BCUT2D eigenvalue weighted by molar-refractivity contribution is 8.00. The van der Waals surface area contributed by atoms with E-state index in [1.807, 2.05) is 84.9 Å². The van der Waals surface area contributed by atoms with E-state index >= 15 is 0 Å². The van der Waals surface area contributed by atoms with Crippen molar-refractivity contribution in [2.75, 3.05) is 10.7 Å². The van der Waals surface area contributed by atoms with Crippen LogP contribution in [0.25, 0.3) is 28.0 Å². The Labute approximate surface area is 211 Å². The highest BCUT2D eigenvalue weighted by Crippen LogP contribution is 2.44. The first-order valence-electron chi connectivity index (χ1n) is 11.5. The van der Waals surface area contributed by atoms with Crippen LogP contribution in [0.2, 0.25) is 0 Å². The Kier molecular flexibility index (Phi) is 5.54. The molecule has 4 aromatic carbocycles. The molecule has 1 fully saturated rings. The van der Waals surface area contributed by atoms with Crippen LogP contribution in [0.1, 0.15) is 10.9 Å². The average molecular weight is 492 g/mol. The molecule has 1 saturated heterocycles. The lowest BCUT2D eigenvalue weighted by Crippen LogP contribution is -2.28. The maximum absolute atomic E-state index is 13.6. The fourth-order valence-corrected chi connectivity index (χ4v) is 5.75. The molecule has 176 valence electrons. The number of carbonyl (C=O) groups excluding carboxylic acids is 1. The number of para-hydroxylation sites is 2. The number of anilines is 1. The van der Waals surface area contributed by atoms with Crippen LogP contribution < -0.4 is 10.5 Å². The normalized spacial score (nSPS) is 15.5. The number of nitrogens with zero attached hydrogens (tertiary/aromatic N) is 3. The number of hydrogen-bond acceptors (Lipinski definition) is 5. The number of aromatic nitrogens is 2. The van der Waals surface area contributed by atoms with Gasteiger partial charge < -0.3 is 5.11 Å². The number of fused-ring (bicyclic) bond motifs is 1. The van der Waals surface area contributed by atoms with Crippen molar-refractivity contribution in [2.45, 2.75) is 5.37 Å². The van der Waals surface area contributed by atoms with Gasteiger partial charge in [-0.25, -0.2) is 4.98 Å². The minimum absolute atomic E-state index is 0.0319. The van der Waals surface area contributed by atoms with Gasteiger partial charge in [0.25, 0.3) is 5.56 Å². The predicted octanol–water partition coefficient (Wildman–Crippen LogP) is 5.54. The molecule has 1 atom stereocenters. The minimum Gasteiger partial charge on any atom is -0.508 e. The van der Waals surface area contributed by atoms with E-state index in [-0.39, 0.29) is 22.6 Å². The van der Waals surface area contributed by atoms with E-state index in [1.54, 1.807) is 27.7 Å². The van der Waals surface area contributed by atoms with E-state index in [2.05, 4.69) is 0 Å². The first-order valence-corrected chi connectivity index (χ1v) is 12.6. The predicted molar refractivity (Wildman–Crippen MR) is 144 cm³/mol. The van der Waals surface area contributed by atoms with Crippen LogP contribution in [0.5, 0.6) is 5.75 Å². The van der Waals surface area contributed by atoms with E-state index in [4.69, 9.17) is 4.98 Å². The monoisotopic (exact) mass is 491 g/mol. The summed E-state index contributed by atoms with van der Waals surface area (Å²) in [6.45, 7) is 0. The van der Waals surface area contributed by atoms with Crippen molar-refractivity contribution in [3.63, 3.8) is 0 Å². The number of benzene rings is 4. The van der Waals surface area contributed by atoms with Crippen molar-refractivity contribution >= 4 is 34.3 Å². The van der Waals surface area contributed by atoms with Crippen LogP contribution in [0.15, 0.2) is 108 Å². The summed E-state index contributed by atoms with van der Waals surface area (Å²) in [5, 5.41) is 10.6. The fraction of sp³-hybridized carbons (Fsp3) is 0.0690. The zero-order valence-electron chi connectivity index (χ0n) is 19.1. The van der Waals surface area contributed by atoms with Gasteiger partial charge in [0, 0.05) is 16.8 Å². The number of rotatable bonds is 4. The van der Waals surface area contributed by atoms with E-state index in [1.165, 1.54) is 11.8 Å². The molecule has 0 aliphatic carbocycles. The summed E-state index contributed by atoms with van der Waals surface area (Å²) in [7, 11) is 0. The molecule has 1 N–H and O–H groups in total. The summed E-state index contributed by atoms with van der Waals surface area (Å²) in [6, 6.07) is 31.3. The highest BCUT2D eigenvalue weighted by atomic mass is 32.2. The molecule has 1 aliphatic rings. The Morgan fingerprint density at radius 3 is 2.22 bits per heavy atom. The van der Waals surface area contributed by atoms with Gasteiger partial charge in [-0.2, -0.15) is 0 Å². The van der Waals surface area contributed by atoms with Crippen molar-refractivity contribution in [2.24, 2.45) is 0 Å². The number of carbonyl (C=O) groups is 1. The second-order valence-electron chi connectivity index (χ2n) is 8.46. The third-order valence-electron chi connectivity index (χ3n) is 6.26. The number of phenolic OH excluding ortho intramolecular Hbond substituents is 1.